The van der Waals surface area contributed by atoms with Gasteiger partial charge in [0.1, 0.15) is 5.82 Å². The van der Waals surface area contributed by atoms with E-state index in [2.05, 4.69) is 55.2 Å². The lowest BCUT2D eigenvalue weighted by Gasteiger charge is -2.05. The minimum atomic E-state index is -0.396. The molecule has 3 aromatic rings. The summed E-state index contributed by atoms with van der Waals surface area (Å²) in [5.74, 6) is 5.50. The summed E-state index contributed by atoms with van der Waals surface area (Å²) in [6, 6.07) is 21.4. The Hall–Kier alpha value is -2.56. The molecule has 0 N–H and O–H groups in total. The second-order valence-electron chi connectivity index (χ2n) is 7.67. The topological polar surface area (TPSA) is 0 Å². The molecule has 0 spiro atoms. The minimum absolute atomic E-state index is 0.351. The molecular weight excluding hydrogens is 391 g/mol. The van der Waals surface area contributed by atoms with Crippen LogP contribution in [0.5, 0.6) is 0 Å². The van der Waals surface area contributed by atoms with E-state index in [1.54, 1.807) is 12.1 Å². The molecule has 3 aromatic carbocycles. The highest BCUT2D eigenvalue weighted by atomic mass is 35.5. The maximum absolute atomic E-state index is 13.8. The van der Waals surface area contributed by atoms with Gasteiger partial charge in [0, 0.05) is 10.6 Å². The van der Waals surface area contributed by atoms with Gasteiger partial charge >= 0.3 is 0 Å². The summed E-state index contributed by atoms with van der Waals surface area (Å²) in [6.07, 6.45) is 9.13. The predicted octanol–water partition coefficient (Wildman–Crippen LogP) is 8.45. The van der Waals surface area contributed by atoms with E-state index in [-0.39, 0.29) is 0 Å². The fourth-order valence-electron chi connectivity index (χ4n) is 3.45. The zero-order chi connectivity index (χ0) is 21.2. The number of hydrogen-bond donors (Lipinski definition) is 0. The Bertz CT molecular complexity index is 992. The molecule has 0 heterocycles. The van der Waals surface area contributed by atoms with E-state index in [0.29, 0.717) is 10.6 Å². The maximum Gasteiger partial charge on any atom is 0.140 e. The van der Waals surface area contributed by atoms with Crippen molar-refractivity contribution in [1.82, 2.24) is 0 Å². The number of hydrogen-bond acceptors (Lipinski definition) is 0. The van der Waals surface area contributed by atoms with Crippen molar-refractivity contribution in [2.45, 2.75) is 51.9 Å². The number of unbranched alkanes of at least 4 members (excludes halogenated alkanes) is 5. The Labute approximate surface area is 185 Å². The Morgan fingerprint density at radius 3 is 2.03 bits per heavy atom. The molecule has 2 heteroatoms. The highest BCUT2D eigenvalue weighted by molar-refractivity contribution is 6.30. The van der Waals surface area contributed by atoms with Crippen molar-refractivity contribution in [3.8, 4) is 23.0 Å². The van der Waals surface area contributed by atoms with Crippen LogP contribution in [0.25, 0.3) is 11.1 Å². The standard InChI is InChI=1S/C28H28ClF/c1-2-3-4-5-6-7-8-22-9-14-24(15-10-22)25-16-11-23(12-17-25)13-18-26-19-20-27(29)21-28(26)30/h9-12,14-17,19-21H,2-8H2,1H3. The first kappa shape index (κ1) is 22.1. The van der Waals surface area contributed by atoms with Crippen molar-refractivity contribution in [2.24, 2.45) is 0 Å². The van der Waals surface area contributed by atoms with Crippen LogP contribution in [0.1, 0.15) is 62.1 Å². The van der Waals surface area contributed by atoms with E-state index in [9.17, 15) is 4.39 Å². The zero-order valence-electron chi connectivity index (χ0n) is 17.6. The normalized spacial score (nSPS) is 10.5. The number of aryl methyl sites for hydroxylation is 1. The van der Waals surface area contributed by atoms with E-state index in [4.69, 9.17) is 11.6 Å². The van der Waals surface area contributed by atoms with Gasteiger partial charge in [0.25, 0.3) is 0 Å². The Kier molecular flexibility index (Phi) is 8.54. The van der Waals surface area contributed by atoms with Crippen LogP contribution in [0.4, 0.5) is 4.39 Å². The van der Waals surface area contributed by atoms with Crippen LogP contribution in [0, 0.1) is 17.7 Å². The van der Waals surface area contributed by atoms with Crippen molar-refractivity contribution in [2.75, 3.05) is 0 Å². The van der Waals surface area contributed by atoms with Crippen LogP contribution in [0.3, 0.4) is 0 Å². The van der Waals surface area contributed by atoms with Gasteiger partial charge in [-0.15, -0.1) is 0 Å². The van der Waals surface area contributed by atoms with Crippen LogP contribution in [-0.2, 0) is 6.42 Å². The molecule has 3 rings (SSSR count). The van der Waals surface area contributed by atoms with Gasteiger partial charge in [-0.1, -0.05) is 98.9 Å². The second-order valence-corrected chi connectivity index (χ2v) is 8.10. The van der Waals surface area contributed by atoms with E-state index in [1.165, 1.54) is 55.7 Å². The lowest BCUT2D eigenvalue weighted by Crippen LogP contribution is -1.87. The van der Waals surface area contributed by atoms with Crippen molar-refractivity contribution in [3.05, 3.63) is 94.3 Å². The van der Waals surface area contributed by atoms with Gasteiger partial charge in [-0.05, 0) is 59.9 Å². The molecule has 30 heavy (non-hydrogen) atoms. The third-order valence-electron chi connectivity index (χ3n) is 5.26. The van der Waals surface area contributed by atoms with E-state index in [1.807, 2.05) is 12.1 Å². The van der Waals surface area contributed by atoms with Gasteiger partial charge in [0.15, 0.2) is 0 Å². The van der Waals surface area contributed by atoms with Crippen LogP contribution in [-0.4, -0.2) is 0 Å². The first-order chi connectivity index (χ1) is 14.7. The summed E-state index contributed by atoms with van der Waals surface area (Å²) in [7, 11) is 0. The average Bonchev–Trinajstić information content (AvgIpc) is 2.76. The molecule has 0 aliphatic rings. The van der Waals surface area contributed by atoms with Gasteiger partial charge in [0.2, 0.25) is 0 Å². The van der Waals surface area contributed by atoms with E-state index in [0.717, 1.165) is 17.5 Å². The third-order valence-corrected chi connectivity index (χ3v) is 5.50. The molecular formula is C28H28ClF. The third kappa shape index (κ3) is 6.75. The highest BCUT2D eigenvalue weighted by Gasteiger charge is 2.01. The van der Waals surface area contributed by atoms with Gasteiger partial charge in [-0.3, -0.25) is 0 Å². The molecule has 0 amide bonds. The molecule has 0 radical (unpaired) electrons. The first-order valence-corrected chi connectivity index (χ1v) is 11.2. The first-order valence-electron chi connectivity index (χ1n) is 10.8. The smallest absolute Gasteiger partial charge is 0.140 e. The fourth-order valence-corrected chi connectivity index (χ4v) is 3.61. The molecule has 0 saturated heterocycles. The predicted molar refractivity (Wildman–Crippen MR) is 126 cm³/mol. The summed E-state index contributed by atoms with van der Waals surface area (Å²) in [5.41, 5.74) is 4.97. The summed E-state index contributed by atoms with van der Waals surface area (Å²) in [6.45, 7) is 2.25. The van der Waals surface area contributed by atoms with Gasteiger partial charge < -0.3 is 0 Å². The van der Waals surface area contributed by atoms with Gasteiger partial charge in [-0.2, -0.15) is 0 Å². The van der Waals surface area contributed by atoms with Crippen LogP contribution < -0.4 is 0 Å². The quantitative estimate of drug-likeness (QED) is 0.254. The highest BCUT2D eigenvalue weighted by Crippen LogP contribution is 2.21. The molecule has 0 unspecified atom stereocenters. The van der Waals surface area contributed by atoms with Crippen LogP contribution >= 0.6 is 11.6 Å². The Morgan fingerprint density at radius 2 is 1.37 bits per heavy atom. The number of benzene rings is 3. The molecule has 0 aliphatic heterocycles. The fraction of sp³-hybridized carbons (Fsp3) is 0.286. The van der Waals surface area contributed by atoms with E-state index >= 15 is 0 Å². The van der Waals surface area contributed by atoms with Gasteiger partial charge in [-0.25, -0.2) is 4.39 Å². The maximum atomic E-state index is 13.8. The summed E-state index contributed by atoms with van der Waals surface area (Å²) in [5, 5.41) is 0.375. The van der Waals surface area contributed by atoms with Crippen molar-refractivity contribution < 1.29 is 4.39 Å². The molecule has 0 aromatic heterocycles. The van der Waals surface area contributed by atoms with E-state index < -0.39 is 5.82 Å². The Balaban J connectivity index is 1.56. The molecule has 0 nitrogen and oxygen atoms in total. The summed E-state index contributed by atoms with van der Waals surface area (Å²) in [4.78, 5) is 0. The molecule has 0 aliphatic carbocycles. The lowest BCUT2D eigenvalue weighted by molar-refractivity contribution is 0.607. The lowest BCUT2D eigenvalue weighted by atomic mass is 10.00. The summed E-state index contributed by atoms with van der Waals surface area (Å²) < 4.78 is 13.8. The largest absolute Gasteiger partial charge is 0.206 e. The van der Waals surface area contributed by atoms with Crippen molar-refractivity contribution >= 4 is 11.6 Å². The molecule has 0 fully saturated rings. The Morgan fingerprint density at radius 1 is 0.733 bits per heavy atom. The molecule has 154 valence electrons. The van der Waals surface area contributed by atoms with Crippen molar-refractivity contribution in [3.63, 3.8) is 0 Å². The SMILES string of the molecule is CCCCCCCCc1ccc(-c2ccc(C#Cc3ccc(Cl)cc3F)cc2)cc1. The molecule has 0 bridgehead atoms. The zero-order valence-corrected chi connectivity index (χ0v) is 18.3. The molecule has 0 atom stereocenters. The van der Waals surface area contributed by atoms with Gasteiger partial charge in [0.05, 0.1) is 5.56 Å². The number of rotatable bonds is 8. The average molecular weight is 419 g/mol. The number of halogens is 2. The van der Waals surface area contributed by atoms with Crippen LogP contribution in [0.15, 0.2) is 66.7 Å². The van der Waals surface area contributed by atoms with Crippen LogP contribution in [0.2, 0.25) is 5.02 Å². The molecule has 0 saturated carbocycles. The summed E-state index contributed by atoms with van der Waals surface area (Å²) >= 11 is 5.78. The van der Waals surface area contributed by atoms with Crippen molar-refractivity contribution in [1.29, 1.82) is 0 Å². The minimum Gasteiger partial charge on any atom is -0.206 e. The monoisotopic (exact) mass is 418 g/mol. The second kappa shape index (κ2) is 11.6.